The molecule has 0 aromatic heterocycles. The third kappa shape index (κ3) is 11.9. The number of likely N-dealkylation sites (N-methyl/N-ethyl adjacent to an activating group) is 1. The highest BCUT2D eigenvalue weighted by molar-refractivity contribution is 7.98. The van der Waals surface area contributed by atoms with Crippen LogP contribution < -0.4 is 10.6 Å². The van der Waals surface area contributed by atoms with Gasteiger partial charge in [-0.1, -0.05) is 57.2 Å². The number of thioether (sulfide) groups is 1. The molecule has 2 atom stereocenters. The van der Waals surface area contributed by atoms with E-state index in [1.54, 1.807) is 26.0 Å². The molecule has 12 heteroatoms. The Morgan fingerprint density at radius 1 is 0.975 bits per heavy atom. The average Bonchev–Trinajstić information content (AvgIpc) is 2.88. The van der Waals surface area contributed by atoms with Crippen LogP contribution in [0.15, 0.2) is 53.4 Å². The second kappa shape index (κ2) is 16.0. The van der Waals surface area contributed by atoms with Crippen molar-refractivity contribution in [1.29, 1.82) is 0 Å². The third-order valence-corrected chi connectivity index (χ3v) is 7.49. The molecule has 0 aliphatic rings. The van der Waals surface area contributed by atoms with Gasteiger partial charge < -0.3 is 10.2 Å². The van der Waals surface area contributed by atoms with E-state index in [-0.39, 0.29) is 35.2 Å². The number of halogens is 3. The van der Waals surface area contributed by atoms with Gasteiger partial charge in [-0.25, -0.2) is 8.42 Å². The summed E-state index contributed by atoms with van der Waals surface area (Å²) in [4.78, 5) is 25.9. The molecule has 0 fully saturated rings. The monoisotopic (exact) mass is 603 g/mol. The molecule has 0 spiro atoms. The highest BCUT2D eigenvalue weighted by Crippen LogP contribution is 2.34. The maximum absolute atomic E-state index is 14.1. The number of hydrogen-bond donors (Lipinski definition) is 2. The maximum Gasteiger partial charge on any atom is 0.407 e. The van der Waals surface area contributed by atoms with Crippen molar-refractivity contribution in [3.63, 3.8) is 0 Å². The van der Waals surface area contributed by atoms with E-state index in [1.165, 1.54) is 61.1 Å². The topological polar surface area (TPSA) is 95.6 Å². The summed E-state index contributed by atoms with van der Waals surface area (Å²) in [5.41, 5.74) is 1.18. The van der Waals surface area contributed by atoms with E-state index >= 15 is 0 Å². The van der Waals surface area contributed by atoms with Crippen LogP contribution in [-0.4, -0.2) is 76.3 Å². The van der Waals surface area contributed by atoms with E-state index in [9.17, 15) is 31.2 Å². The van der Waals surface area contributed by atoms with E-state index in [1.807, 2.05) is 11.8 Å². The van der Waals surface area contributed by atoms with Crippen molar-refractivity contribution in [2.75, 3.05) is 38.9 Å². The lowest BCUT2D eigenvalue weighted by atomic mass is 9.97. The Labute approximate surface area is 240 Å². The van der Waals surface area contributed by atoms with Crippen LogP contribution in [0.4, 0.5) is 13.2 Å². The number of alkyl halides is 3. The smallest absolute Gasteiger partial charge is 0.347 e. The highest BCUT2D eigenvalue weighted by atomic mass is 32.2. The molecule has 2 aromatic rings. The summed E-state index contributed by atoms with van der Waals surface area (Å²) in [6.07, 6.45) is -1.36. The molecular weight excluding hydrogens is 563 g/mol. The number of nitrogens with zero attached hydrogens (tertiary/aromatic N) is 1. The van der Waals surface area contributed by atoms with E-state index < -0.39 is 34.0 Å². The molecule has 0 saturated carbocycles. The van der Waals surface area contributed by atoms with Crippen LogP contribution in [0, 0.1) is 5.92 Å². The van der Waals surface area contributed by atoms with Gasteiger partial charge >= 0.3 is 6.18 Å². The minimum Gasteiger partial charge on any atom is -0.347 e. The lowest BCUT2D eigenvalue weighted by molar-refractivity contribution is -0.161. The van der Waals surface area contributed by atoms with Gasteiger partial charge in [0.25, 0.3) is 0 Å². The Morgan fingerprint density at radius 3 is 1.82 bits per heavy atom. The summed E-state index contributed by atoms with van der Waals surface area (Å²) >= 11 is 1.86. The van der Waals surface area contributed by atoms with Crippen LogP contribution in [0.3, 0.4) is 0 Å². The molecule has 224 valence electrons. The van der Waals surface area contributed by atoms with Gasteiger partial charge in [-0.05, 0) is 53.2 Å². The quantitative estimate of drug-likeness (QED) is 0.378. The third-order valence-electron chi connectivity index (χ3n) is 5.78. The largest absolute Gasteiger partial charge is 0.407 e. The summed E-state index contributed by atoms with van der Waals surface area (Å²) < 4.78 is 65.4. The fourth-order valence-corrected chi connectivity index (χ4v) is 4.14. The van der Waals surface area contributed by atoms with Gasteiger partial charge in [0.2, 0.25) is 11.8 Å². The summed E-state index contributed by atoms with van der Waals surface area (Å²) in [7, 11) is -0.333. The van der Waals surface area contributed by atoms with Crippen molar-refractivity contribution in [2.45, 2.75) is 50.3 Å². The number of sulfone groups is 1. The predicted molar refractivity (Wildman–Crippen MR) is 156 cm³/mol. The summed E-state index contributed by atoms with van der Waals surface area (Å²) in [5.74, 6) is 0.0962. The van der Waals surface area contributed by atoms with Crippen LogP contribution in [0.2, 0.25) is 0 Å². The molecule has 2 N–H and O–H groups in total. The number of nitrogens with one attached hydrogen (secondary N) is 2. The summed E-state index contributed by atoms with van der Waals surface area (Å²) in [6.45, 7) is 5.41. The second-order valence-electron chi connectivity index (χ2n) is 9.83. The zero-order valence-corrected chi connectivity index (χ0v) is 25.6. The van der Waals surface area contributed by atoms with Crippen LogP contribution in [0.5, 0.6) is 0 Å². The Bertz CT molecular complexity index is 1180. The van der Waals surface area contributed by atoms with Gasteiger partial charge in [0.15, 0.2) is 9.84 Å². The van der Waals surface area contributed by atoms with Crippen molar-refractivity contribution >= 4 is 33.4 Å². The number of hydrogen-bond acceptors (Lipinski definition) is 6. The maximum atomic E-state index is 14.1. The van der Waals surface area contributed by atoms with E-state index in [4.69, 9.17) is 0 Å². The van der Waals surface area contributed by atoms with Gasteiger partial charge in [0.1, 0.15) is 6.04 Å². The van der Waals surface area contributed by atoms with Gasteiger partial charge in [0, 0.05) is 20.4 Å². The van der Waals surface area contributed by atoms with Crippen LogP contribution in [0.1, 0.15) is 38.8 Å². The van der Waals surface area contributed by atoms with Crippen molar-refractivity contribution in [1.82, 2.24) is 15.5 Å². The van der Waals surface area contributed by atoms with Crippen molar-refractivity contribution in [3.05, 3.63) is 54.1 Å². The fraction of sp³-hybridized carbons (Fsp3) is 0.500. The first-order valence-electron chi connectivity index (χ1n) is 12.7. The van der Waals surface area contributed by atoms with Crippen molar-refractivity contribution in [2.24, 2.45) is 5.92 Å². The lowest BCUT2D eigenvalue weighted by Gasteiger charge is -2.28. The standard InChI is InChI=1S/C25H32F3N3O4S.C3H8S/c1-16(2)14-21(24(33)29-15-22(32)31(3)4)30-23(25(26,27)28)19-8-6-17(7-9-19)18-10-12-20(13-11-18)36(5,34)35;1-3-4-2/h6-13,16,21,23,30H,14-15H2,1-5H3,(H,29,33);3H2,1-2H3/t21-,23?;/m0./s1. The highest BCUT2D eigenvalue weighted by Gasteiger charge is 2.43. The first-order valence-corrected chi connectivity index (χ1v) is 16.0. The van der Waals surface area contributed by atoms with E-state index in [0.717, 1.165) is 6.26 Å². The van der Waals surface area contributed by atoms with Gasteiger partial charge in [0.05, 0.1) is 17.5 Å². The fourth-order valence-electron chi connectivity index (χ4n) is 3.51. The predicted octanol–water partition coefficient (Wildman–Crippen LogP) is 4.94. The normalized spacial score (nSPS) is 13.2. The molecule has 0 heterocycles. The molecule has 2 amide bonds. The molecular formula is C28H40F3N3O4S2. The van der Waals surface area contributed by atoms with E-state index in [2.05, 4.69) is 23.8 Å². The van der Waals surface area contributed by atoms with Crippen LogP contribution in [-0.2, 0) is 19.4 Å². The molecule has 40 heavy (non-hydrogen) atoms. The summed E-state index contributed by atoms with van der Waals surface area (Å²) in [5, 5.41) is 4.87. The number of benzene rings is 2. The van der Waals surface area contributed by atoms with Gasteiger partial charge in [-0.3, -0.25) is 14.9 Å². The number of rotatable bonds is 11. The molecule has 0 radical (unpaired) electrons. The molecule has 0 saturated heterocycles. The molecule has 0 aliphatic carbocycles. The van der Waals surface area contributed by atoms with Crippen LogP contribution >= 0.6 is 11.8 Å². The second-order valence-corrected chi connectivity index (χ2v) is 13.0. The van der Waals surface area contributed by atoms with E-state index in [0.29, 0.717) is 11.1 Å². The summed E-state index contributed by atoms with van der Waals surface area (Å²) in [6, 6.07) is 8.44. The first kappa shape index (κ1) is 35.5. The van der Waals surface area contributed by atoms with Crippen molar-refractivity contribution < 1.29 is 31.2 Å². The zero-order valence-electron chi connectivity index (χ0n) is 24.0. The molecule has 0 aliphatic heterocycles. The Balaban J connectivity index is 0.00000187. The number of amides is 2. The van der Waals surface area contributed by atoms with Crippen molar-refractivity contribution in [3.8, 4) is 11.1 Å². The Hall–Kier alpha value is -2.57. The lowest BCUT2D eigenvalue weighted by Crippen LogP contribution is -2.51. The number of carbonyl (C=O) groups is 2. The average molecular weight is 604 g/mol. The molecule has 7 nitrogen and oxygen atoms in total. The molecule has 0 bridgehead atoms. The SMILES string of the molecule is CC(C)C[C@H](NC(c1ccc(-c2ccc(S(C)(=O)=O)cc2)cc1)C(F)(F)F)C(=O)NCC(=O)N(C)C.CCSC. The molecule has 2 aromatic carbocycles. The van der Waals surface area contributed by atoms with Gasteiger partial charge in [-0.15, -0.1) is 0 Å². The zero-order chi connectivity index (χ0) is 30.7. The Morgan fingerprint density at radius 2 is 1.45 bits per heavy atom. The minimum absolute atomic E-state index is 0.0788. The Kier molecular flexibility index (Phi) is 14.2. The molecule has 1 unspecified atom stereocenters. The number of carbonyl (C=O) groups excluding carboxylic acids is 2. The van der Waals surface area contributed by atoms with Crippen LogP contribution in [0.25, 0.3) is 11.1 Å². The minimum atomic E-state index is -4.69. The molecule has 2 rings (SSSR count). The van der Waals surface area contributed by atoms with Gasteiger partial charge in [-0.2, -0.15) is 24.9 Å². The first-order chi connectivity index (χ1) is 18.5.